The van der Waals surface area contributed by atoms with Gasteiger partial charge in [0.05, 0.1) is 18.2 Å². The maximum Gasteiger partial charge on any atom is 0.227 e. The minimum atomic E-state index is 0.179. The first-order chi connectivity index (χ1) is 12.2. The molecule has 1 aromatic carbocycles. The van der Waals surface area contributed by atoms with E-state index in [9.17, 15) is 0 Å². The average molecular weight is 338 g/mol. The average Bonchev–Trinajstić information content (AvgIpc) is 2.99. The number of nitrogen functional groups attached to an aromatic ring is 1. The number of nitrogens with zero attached hydrogens (tertiary/aromatic N) is 3. The second-order valence-corrected chi connectivity index (χ2v) is 6.52. The van der Waals surface area contributed by atoms with Crippen molar-refractivity contribution < 1.29 is 9.47 Å². The molecule has 1 fully saturated rings. The molecule has 3 aromatic rings. The van der Waals surface area contributed by atoms with Gasteiger partial charge in [-0.3, -0.25) is 4.68 Å². The van der Waals surface area contributed by atoms with E-state index >= 15 is 0 Å². The molecule has 25 heavy (non-hydrogen) atoms. The lowest BCUT2D eigenvalue weighted by Gasteiger charge is -2.29. The van der Waals surface area contributed by atoms with Crippen LogP contribution in [0.5, 0.6) is 5.88 Å². The number of fused-ring (bicyclic) bond motifs is 1. The predicted octanol–water partition coefficient (Wildman–Crippen LogP) is 3.19. The molecule has 4 rings (SSSR count). The summed E-state index contributed by atoms with van der Waals surface area (Å²) in [7, 11) is 0. The summed E-state index contributed by atoms with van der Waals surface area (Å²) >= 11 is 0. The van der Waals surface area contributed by atoms with E-state index in [1.54, 1.807) is 6.20 Å². The molecule has 2 aromatic heterocycles. The summed E-state index contributed by atoms with van der Waals surface area (Å²) in [6.07, 6.45) is 2.77. The van der Waals surface area contributed by atoms with Crippen molar-refractivity contribution in [2.24, 2.45) is 5.92 Å². The number of rotatable bonds is 4. The zero-order chi connectivity index (χ0) is 17.2. The van der Waals surface area contributed by atoms with Crippen LogP contribution in [-0.4, -0.2) is 28.0 Å². The second-order valence-electron chi connectivity index (χ2n) is 6.52. The molecule has 0 spiro atoms. The van der Waals surface area contributed by atoms with E-state index in [4.69, 9.17) is 15.2 Å². The van der Waals surface area contributed by atoms with Gasteiger partial charge in [0, 0.05) is 12.8 Å². The summed E-state index contributed by atoms with van der Waals surface area (Å²) in [6.45, 7) is 4.13. The van der Waals surface area contributed by atoms with Gasteiger partial charge in [-0.05, 0) is 24.0 Å². The lowest BCUT2D eigenvalue weighted by molar-refractivity contribution is 0.0255. The van der Waals surface area contributed by atoms with Crippen LogP contribution in [0.25, 0.3) is 10.9 Å². The third-order valence-electron chi connectivity index (χ3n) is 4.81. The van der Waals surface area contributed by atoms with Gasteiger partial charge in [-0.15, -0.1) is 0 Å². The Labute approximate surface area is 146 Å². The van der Waals surface area contributed by atoms with Crippen LogP contribution in [0, 0.1) is 5.92 Å². The molecule has 0 aliphatic carbocycles. The van der Waals surface area contributed by atoms with Gasteiger partial charge in [-0.1, -0.05) is 37.3 Å². The summed E-state index contributed by atoms with van der Waals surface area (Å²) in [5, 5.41) is 5.35. The molecule has 6 nitrogen and oxygen atoms in total. The topological polar surface area (TPSA) is 75.2 Å². The number of anilines is 1. The third kappa shape index (κ3) is 3.05. The van der Waals surface area contributed by atoms with Crippen molar-refractivity contribution in [2.45, 2.75) is 26.0 Å². The number of aromatic nitrogens is 3. The Morgan fingerprint density at radius 1 is 1.28 bits per heavy atom. The molecular weight excluding hydrogens is 316 g/mol. The van der Waals surface area contributed by atoms with Crippen LogP contribution in [0.15, 0.2) is 42.6 Å². The first kappa shape index (κ1) is 15.9. The van der Waals surface area contributed by atoms with Gasteiger partial charge in [0.2, 0.25) is 5.88 Å². The molecule has 2 atom stereocenters. The number of hydrogen-bond acceptors (Lipinski definition) is 5. The number of nitrogens with two attached hydrogens (primary N) is 1. The maximum atomic E-state index is 6.21. The van der Waals surface area contributed by atoms with Gasteiger partial charge in [0.15, 0.2) is 5.82 Å². The van der Waals surface area contributed by atoms with E-state index in [1.165, 1.54) is 0 Å². The summed E-state index contributed by atoms with van der Waals surface area (Å²) < 4.78 is 13.6. The molecule has 0 radical (unpaired) electrons. The summed E-state index contributed by atoms with van der Waals surface area (Å²) in [5.74, 6) is 1.46. The molecule has 130 valence electrons. The van der Waals surface area contributed by atoms with Crippen molar-refractivity contribution in [3.63, 3.8) is 0 Å². The highest BCUT2D eigenvalue weighted by Crippen LogP contribution is 2.34. The van der Waals surface area contributed by atoms with Crippen molar-refractivity contribution >= 4 is 16.7 Å². The SMILES string of the molecule is C[C@H]1CCOCC1n1nc(N)c2c(OCc3ccccc3)nccc21. The summed E-state index contributed by atoms with van der Waals surface area (Å²) in [6, 6.07) is 12.1. The fraction of sp³-hybridized carbons (Fsp3) is 0.368. The fourth-order valence-electron chi connectivity index (χ4n) is 3.31. The Balaban J connectivity index is 1.67. The second kappa shape index (κ2) is 6.72. The van der Waals surface area contributed by atoms with E-state index in [0.29, 0.717) is 30.8 Å². The van der Waals surface area contributed by atoms with Crippen molar-refractivity contribution in [1.29, 1.82) is 0 Å². The normalized spacial score (nSPS) is 20.7. The zero-order valence-electron chi connectivity index (χ0n) is 14.3. The maximum absolute atomic E-state index is 6.21. The molecule has 6 heteroatoms. The Morgan fingerprint density at radius 3 is 2.92 bits per heavy atom. The van der Waals surface area contributed by atoms with Crippen molar-refractivity contribution in [1.82, 2.24) is 14.8 Å². The van der Waals surface area contributed by atoms with Gasteiger partial charge in [0.1, 0.15) is 12.0 Å². The summed E-state index contributed by atoms with van der Waals surface area (Å²) in [5.41, 5.74) is 8.23. The van der Waals surface area contributed by atoms with E-state index in [1.807, 2.05) is 41.1 Å². The van der Waals surface area contributed by atoms with E-state index in [0.717, 1.165) is 29.5 Å². The van der Waals surface area contributed by atoms with Crippen LogP contribution in [0.4, 0.5) is 5.82 Å². The van der Waals surface area contributed by atoms with Crippen molar-refractivity contribution in [2.75, 3.05) is 18.9 Å². The predicted molar refractivity (Wildman–Crippen MR) is 96.4 cm³/mol. The molecule has 0 bridgehead atoms. The molecule has 1 saturated heterocycles. The van der Waals surface area contributed by atoms with Crippen LogP contribution in [0.2, 0.25) is 0 Å². The highest BCUT2D eigenvalue weighted by atomic mass is 16.5. The lowest BCUT2D eigenvalue weighted by Crippen LogP contribution is -2.29. The monoisotopic (exact) mass is 338 g/mol. The molecule has 1 aliphatic heterocycles. The van der Waals surface area contributed by atoms with Crippen LogP contribution in [0.3, 0.4) is 0 Å². The van der Waals surface area contributed by atoms with Gasteiger partial charge in [-0.25, -0.2) is 4.98 Å². The van der Waals surface area contributed by atoms with E-state index < -0.39 is 0 Å². The zero-order valence-corrected chi connectivity index (χ0v) is 14.3. The lowest BCUT2D eigenvalue weighted by atomic mass is 9.97. The first-order valence-electron chi connectivity index (χ1n) is 8.61. The van der Waals surface area contributed by atoms with Crippen molar-refractivity contribution in [3.8, 4) is 5.88 Å². The van der Waals surface area contributed by atoms with Gasteiger partial charge < -0.3 is 15.2 Å². The smallest absolute Gasteiger partial charge is 0.227 e. The molecule has 3 heterocycles. The number of hydrogen-bond donors (Lipinski definition) is 1. The van der Waals surface area contributed by atoms with Gasteiger partial charge in [0.25, 0.3) is 0 Å². The summed E-state index contributed by atoms with van der Waals surface area (Å²) in [4.78, 5) is 4.37. The highest BCUT2D eigenvalue weighted by Gasteiger charge is 2.27. The standard InChI is InChI=1S/C19H22N4O2/c1-13-8-10-24-12-16(13)23-15-7-9-21-19(17(15)18(20)22-23)25-11-14-5-3-2-4-6-14/h2-7,9,13,16H,8,10-12H2,1H3,(H2,20,22)/t13-,16?/m0/s1. The number of ether oxygens (including phenoxy) is 2. The van der Waals surface area contributed by atoms with Gasteiger partial charge >= 0.3 is 0 Å². The molecule has 0 amide bonds. The van der Waals surface area contributed by atoms with Crippen LogP contribution in [0.1, 0.15) is 24.9 Å². The van der Waals surface area contributed by atoms with Crippen LogP contribution >= 0.6 is 0 Å². The molecule has 2 N–H and O–H groups in total. The molecule has 0 saturated carbocycles. The Kier molecular flexibility index (Phi) is 4.28. The van der Waals surface area contributed by atoms with E-state index in [-0.39, 0.29) is 6.04 Å². The Morgan fingerprint density at radius 2 is 2.12 bits per heavy atom. The molecular formula is C19H22N4O2. The quantitative estimate of drug-likeness (QED) is 0.791. The molecule has 1 aliphatic rings. The van der Waals surface area contributed by atoms with E-state index in [2.05, 4.69) is 17.0 Å². The molecule has 1 unspecified atom stereocenters. The largest absolute Gasteiger partial charge is 0.472 e. The van der Waals surface area contributed by atoms with Crippen molar-refractivity contribution in [3.05, 3.63) is 48.2 Å². The minimum Gasteiger partial charge on any atom is -0.472 e. The minimum absolute atomic E-state index is 0.179. The van der Waals surface area contributed by atoms with Crippen LogP contribution in [-0.2, 0) is 11.3 Å². The first-order valence-corrected chi connectivity index (χ1v) is 8.61. The fourth-order valence-corrected chi connectivity index (χ4v) is 3.31. The number of pyridine rings is 1. The van der Waals surface area contributed by atoms with Gasteiger partial charge in [-0.2, -0.15) is 5.10 Å². The van der Waals surface area contributed by atoms with Crippen LogP contribution < -0.4 is 10.5 Å². The third-order valence-corrected chi connectivity index (χ3v) is 4.81. The Bertz CT molecular complexity index is 862. The highest BCUT2D eigenvalue weighted by molar-refractivity contribution is 5.93. The number of benzene rings is 1. The Hall–Kier alpha value is -2.60.